The summed E-state index contributed by atoms with van der Waals surface area (Å²) in [6, 6.07) is 3.30. The highest BCUT2D eigenvalue weighted by Gasteiger charge is 2.05. The van der Waals surface area contributed by atoms with Crippen molar-refractivity contribution in [3.05, 3.63) is 35.4 Å². The highest BCUT2D eigenvalue weighted by Crippen LogP contribution is 2.12. The van der Waals surface area contributed by atoms with E-state index < -0.39 is 11.6 Å². The fraction of sp³-hybridized carbons (Fsp3) is 0.364. The number of rotatable bonds is 4. The van der Waals surface area contributed by atoms with Crippen LogP contribution >= 0.6 is 0 Å². The molecule has 0 atom stereocenters. The van der Waals surface area contributed by atoms with Crippen molar-refractivity contribution >= 4 is 5.97 Å². The Labute approximate surface area is 86.9 Å². The molecule has 0 spiro atoms. The Morgan fingerprint density at radius 3 is 2.80 bits per heavy atom. The van der Waals surface area contributed by atoms with E-state index in [-0.39, 0.29) is 12.4 Å². The predicted octanol–water partition coefficient (Wildman–Crippen LogP) is 2.46. The van der Waals surface area contributed by atoms with E-state index in [1.165, 1.54) is 7.11 Å². The lowest BCUT2D eigenvalue weighted by atomic mass is 10.1. The van der Waals surface area contributed by atoms with Crippen molar-refractivity contribution in [2.75, 3.05) is 7.11 Å². The summed E-state index contributed by atoms with van der Waals surface area (Å²) in [5, 5.41) is 0. The number of benzene rings is 1. The maximum atomic E-state index is 13.1. The standard InChI is InChI=1S/C11H12F2O2/c1-15-11(14)4-2-3-8-7-9(12)5-6-10(8)13/h5-7H,2-4H2,1H3. The lowest BCUT2D eigenvalue weighted by Crippen LogP contribution is -2.01. The van der Waals surface area contributed by atoms with Crippen molar-refractivity contribution in [2.45, 2.75) is 19.3 Å². The van der Waals surface area contributed by atoms with E-state index in [0.717, 1.165) is 18.2 Å². The van der Waals surface area contributed by atoms with Crippen LogP contribution in [0.3, 0.4) is 0 Å². The van der Waals surface area contributed by atoms with Crippen molar-refractivity contribution in [3.8, 4) is 0 Å². The van der Waals surface area contributed by atoms with Gasteiger partial charge in [0.25, 0.3) is 0 Å². The molecule has 0 heterocycles. The van der Waals surface area contributed by atoms with E-state index in [2.05, 4.69) is 4.74 Å². The number of aryl methyl sites for hydroxylation is 1. The Morgan fingerprint density at radius 1 is 1.40 bits per heavy atom. The molecule has 0 saturated carbocycles. The molecular formula is C11H12F2O2. The molecule has 0 aliphatic carbocycles. The highest BCUT2D eigenvalue weighted by molar-refractivity contribution is 5.69. The normalized spacial score (nSPS) is 10.1. The molecular weight excluding hydrogens is 202 g/mol. The lowest BCUT2D eigenvalue weighted by Gasteiger charge is -2.02. The molecule has 1 rings (SSSR count). The van der Waals surface area contributed by atoms with Crippen LogP contribution in [-0.2, 0) is 16.0 Å². The van der Waals surface area contributed by atoms with Gasteiger partial charge in [-0.25, -0.2) is 8.78 Å². The van der Waals surface area contributed by atoms with E-state index in [9.17, 15) is 13.6 Å². The second-order valence-electron chi connectivity index (χ2n) is 3.17. The number of halogens is 2. The molecule has 0 bridgehead atoms. The van der Waals surface area contributed by atoms with E-state index in [1.807, 2.05) is 0 Å². The third-order valence-corrected chi connectivity index (χ3v) is 2.06. The Balaban J connectivity index is 2.50. The average Bonchev–Trinajstić information content (AvgIpc) is 2.23. The van der Waals surface area contributed by atoms with E-state index in [4.69, 9.17) is 0 Å². The van der Waals surface area contributed by atoms with Crippen LogP contribution in [0, 0.1) is 11.6 Å². The van der Waals surface area contributed by atoms with Gasteiger partial charge in [-0.15, -0.1) is 0 Å². The summed E-state index contributed by atoms with van der Waals surface area (Å²) in [6.45, 7) is 0. The summed E-state index contributed by atoms with van der Waals surface area (Å²) in [6.07, 6.45) is 0.998. The summed E-state index contributed by atoms with van der Waals surface area (Å²) in [7, 11) is 1.30. The number of ether oxygens (including phenoxy) is 1. The van der Waals surface area contributed by atoms with Crippen LogP contribution in [0.2, 0.25) is 0 Å². The van der Waals surface area contributed by atoms with Crippen LogP contribution in [0.4, 0.5) is 8.78 Å². The van der Waals surface area contributed by atoms with Gasteiger partial charge in [0, 0.05) is 6.42 Å². The fourth-order valence-corrected chi connectivity index (χ4v) is 1.26. The van der Waals surface area contributed by atoms with E-state index >= 15 is 0 Å². The second kappa shape index (κ2) is 5.44. The van der Waals surface area contributed by atoms with Gasteiger partial charge in [0.2, 0.25) is 0 Å². The number of hydrogen-bond acceptors (Lipinski definition) is 2. The Kier molecular flexibility index (Phi) is 4.21. The maximum Gasteiger partial charge on any atom is 0.305 e. The molecule has 1 aromatic carbocycles. The van der Waals surface area contributed by atoms with Crippen LogP contribution in [0.15, 0.2) is 18.2 Å². The quantitative estimate of drug-likeness (QED) is 0.719. The summed E-state index contributed by atoms with van der Waals surface area (Å²) in [5.74, 6) is -1.25. The van der Waals surface area contributed by atoms with E-state index in [0.29, 0.717) is 18.4 Å². The number of carbonyl (C=O) groups excluding carboxylic acids is 1. The SMILES string of the molecule is COC(=O)CCCc1cc(F)ccc1F. The monoisotopic (exact) mass is 214 g/mol. The minimum atomic E-state index is -0.468. The number of carbonyl (C=O) groups is 1. The van der Waals surface area contributed by atoms with E-state index in [1.54, 1.807) is 0 Å². The van der Waals surface area contributed by atoms with Gasteiger partial charge in [-0.3, -0.25) is 4.79 Å². The van der Waals surface area contributed by atoms with Crippen LogP contribution in [-0.4, -0.2) is 13.1 Å². The van der Waals surface area contributed by atoms with Crippen molar-refractivity contribution in [2.24, 2.45) is 0 Å². The molecule has 82 valence electrons. The smallest absolute Gasteiger partial charge is 0.305 e. The summed E-state index contributed by atoms with van der Waals surface area (Å²) < 4.78 is 30.3. The lowest BCUT2D eigenvalue weighted by molar-refractivity contribution is -0.140. The molecule has 0 aliphatic rings. The van der Waals surface area contributed by atoms with Gasteiger partial charge in [-0.1, -0.05) is 0 Å². The van der Waals surface area contributed by atoms with Crippen molar-refractivity contribution < 1.29 is 18.3 Å². The van der Waals surface area contributed by atoms with Gasteiger partial charge in [0.15, 0.2) is 0 Å². The first-order valence-corrected chi connectivity index (χ1v) is 4.64. The van der Waals surface area contributed by atoms with Crippen LogP contribution in [0.25, 0.3) is 0 Å². The zero-order valence-electron chi connectivity index (χ0n) is 8.43. The highest BCUT2D eigenvalue weighted by atomic mass is 19.1. The number of hydrogen-bond donors (Lipinski definition) is 0. The predicted molar refractivity (Wildman–Crippen MR) is 51.3 cm³/mol. The zero-order valence-corrected chi connectivity index (χ0v) is 8.43. The molecule has 4 heteroatoms. The minimum Gasteiger partial charge on any atom is -0.469 e. The van der Waals surface area contributed by atoms with Gasteiger partial charge >= 0.3 is 5.97 Å². The third kappa shape index (κ3) is 3.65. The molecule has 0 N–H and O–H groups in total. The molecule has 0 unspecified atom stereocenters. The van der Waals surface area contributed by atoms with Crippen molar-refractivity contribution in [3.63, 3.8) is 0 Å². The molecule has 0 aromatic heterocycles. The Bertz CT molecular complexity index is 350. The first-order valence-electron chi connectivity index (χ1n) is 4.64. The van der Waals surface area contributed by atoms with Gasteiger partial charge in [0.1, 0.15) is 11.6 Å². The molecule has 0 amide bonds. The van der Waals surface area contributed by atoms with Crippen LogP contribution in [0.5, 0.6) is 0 Å². The molecule has 15 heavy (non-hydrogen) atoms. The topological polar surface area (TPSA) is 26.3 Å². The average molecular weight is 214 g/mol. The fourth-order valence-electron chi connectivity index (χ4n) is 1.26. The molecule has 2 nitrogen and oxygen atoms in total. The van der Waals surface area contributed by atoms with Crippen LogP contribution < -0.4 is 0 Å². The maximum absolute atomic E-state index is 13.1. The number of methoxy groups -OCH3 is 1. The zero-order chi connectivity index (χ0) is 11.3. The van der Waals surface area contributed by atoms with Gasteiger partial charge < -0.3 is 4.74 Å². The van der Waals surface area contributed by atoms with Gasteiger partial charge in [-0.2, -0.15) is 0 Å². The van der Waals surface area contributed by atoms with Crippen LogP contribution in [0.1, 0.15) is 18.4 Å². The van der Waals surface area contributed by atoms with Gasteiger partial charge in [-0.05, 0) is 36.6 Å². The van der Waals surface area contributed by atoms with Crippen molar-refractivity contribution in [1.82, 2.24) is 0 Å². The summed E-state index contributed by atoms with van der Waals surface area (Å²) in [5.41, 5.74) is 0.291. The van der Waals surface area contributed by atoms with Crippen molar-refractivity contribution in [1.29, 1.82) is 0 Å². The Morgan fingerprint density at radius 2 is 2.13 bits per heavy atom. The first kappa shape index (κ1) is 11.6. The molecule has 1 aromatic rings. The van der Waals surface area contributed by atoms with Gasteiger partial charge in [0.05, 0.1) is 7.11 Å². The number of esters is 1. The third-order valence-electron chi connectivity index (χ3n) is 2.06. The molecule has 0 aliphatic heterocycles. The molecule has 0 fully saturated rings. The second-order valence-corrected chi connectivity index (χ2v) is 3.17. The summed E-state index contributed by atoms with van der Waals surface area (Å²) >= 11 is 0. The Hall–Kier alpha value is -1.45. The largest absolute Gasteiger partial charge is 0.469 e. The minimum absolute atomic E-state index is 0.215. The first-order chi connectivity index (χ1) is 7.13. The summed E-state index contributed by atoms with van der Waals surface area (Å²) in [4.78, 5) is 10.8. The molecule has 0 saturated heterocycles. The molecule has 0 radical (unpaired) electrons.